The predicted molar refractivity (Wildman–Crippen MR) is 62.0 cm³/mol. The summed E-state index contributed by atoms with van der Waals surface area (Å²) >= 11 is 1.74. The van der Waals surface area contributed by atoms with Gasteiger partial charge >= 0.3 is 0 Å². The summed E-state index contributed by atoms with van der Waals surface area (Å²) in [5, 5.41) is 11.2. The number of thioether (sulfide) groups is 1. The first-order valence-electron chi connectivity index (χ1n) is 5.67. The van der Waals surface area contributed by atoms with Crippen molar-refractivity contribution in [2.24, 2.45) is 0 Å². The highest BCUT2D eigenvalue weighted by Gasteiger charge is 2.13. The van der Waals surface area contributed by atoms with Crippen LogP contribution in [0.3, 0.4) is 0 Å². The molecule has 1 aliphatic carbocycles. The molecule has 15 heavy (non-hydrogen) atoms. The smallest absolute Gasteiger partial charge is 0.183 e. The first kappa shape index (κ1) is 11.0. The Kier molecular flexibility index (Phi) is 4.47. The molecule has 2 rings (SSSR count). The fraction of sp³-hybridized carbons (Fsp3) is 0.800. The number of aromatic amines is 1. The summed E-state index contributed by atoms with van der Waals surface area (Å²) in [4.78, 5) is 4.07. The second-order valence-electron chi connectivity index (χ2n) is 3.93. The quantitative estimate of drug-likeness (QED) is 0.574. The minimum atomic E-state index is 0.792. The Morgan fingerprint density at radius 1 is 1.47 bits per heavy atom. The van der Waals surface area contributed by atoms with Crippen LogP contribution >= 0.6 is 11.8 Å². The van der Waals surface area contributed by atoms with Gasteiger partial charge in [-0.25, -0.2) is 4.98 Å². The number of nitrogens with zero attached hydrogens (tertiary/aromatic N) is 2. The van der Waals surface area contributed by atoms with Gasteiger partial charge in [0.15, 0.2) is 5.16 Å². The van der Waals surface area contributed by atoms with Gasteiger partial charge in [-0.05, 0) is 25.8 Å². The molecule has 0 aliphatic heterocycles. The van der Waals surface area contributed by atoms with E-state index in [4.69, 9.17) is 0 Å². The van der Waals surface area contributed by atoms with E-state index in [-0.39, 0.29) is 0 Å². The molecule has 0 radical (unpaired) electrons. The van der Waals surface area contributed by atoms with E-state index in [2.05, 4.69) is 20.5 Å². The average Bonchev–Trinajstić information content (AvgIpc) is 2.88. The topological polar surface area (TPSA) is 53.6 Å². The number of hydrogen-bond acceptors (Lipinski definition) is 4. The van der Waals surface area contributed by atoms with E-state index < -0.39 is 0 Å². The van der Waals surface area contributed by atoms with E-state index in [0.29, 0.717) is 0 Å². The van der Waals surface area contributed by atoms with Crippen molar-refractivity contribution in [2.45, 2.75) is 43.3 Å². The zero-order valence-electron chi connectivity index (χ0n) is 8.91. The fourth-order valence-electron chi connectivity index (χ4n) is 1.94. The van der Waals surface area contributed by atoms with Crippen LogP contribution in [0.1, 0.15) is 32.1 Å². The van der Waals surface area contributed by atoms with Gasteiger partial charge < -0.3 is 5.32 Å². The van der Waals surface area contributed by atoms with Gasteiger partial charge in [-0.1, -0.05) is 24.6 Å². The van der Waals surface area contributed by atoms with E-state index in [1.54, 1.807) is 18.1 Å². The molecular formula is C10H18N4S. The average molecular weight is 226 g/mol. The maximum absolute atomic E-state index is 4.07. The number of H-pyrrole nitrogens is 1. The Morgan fingerprint density at radius 2 is 2.33 bits per heavy atom. The highest BCUT2D eigenvalue weighted by Crippen LogP contribution is 2.17. The lowest BCUT2D eigenvalue weighted by molar-refractivity contribution is 0.524. The van der Waals surface area contributed by atoms with Gasteiger partial charge in [0.1, 0.15) is 6.33 Å². The molecule has 1 aliphatic rings. The van der Waals surface area contributed by atoms with Crippen molar-refractivity contribution in [3.8, 4) is 0 Å². The van der Waals surface area contributed by atoms with Gasteiger partial charge in [0.05, 0.1) is 0 Å². The lowest BCUT2D eigenvalue weighted by Gasteiger charge is -2.10. The summed E-state index contributed by atoms with van der Waals surface area (Å²) in [6.07, 6.45) is 8.31. The molecule has 5 heteroatoms. The zero-order valence-corrected chi connectivity index (χ0v) is 9.72. The van der Waals surface area contributed by atoms with Crippen molar-refractivity contribution in [3.63, 3.8) is 0 Å². The molecule has 1 heterocycles. The number of nitrogens with one attached hydrogen (secondary N) is 2. The molecule has 1 aromatic rings. The summed E-state index contributed by atoms with van der Waals surface area (Å²) in [6, 6.07) is 0.792. The van der Waals surface area contributed by atoms with Crippen LogP contribution in [-0.4, -0.2) is 33.5 Å². The molecule has 0 amide bonds. The number of hydrogen-bond donors (Lipinski definition) is 2. The number of aromatic nitrogens is 3. The van der Waals surface area contributed by atoms with E-state index in [1.807, 2.05) is 0 Å². The van der Waals surface area contributed by atoms with Gasteiger partial charge in [0, 0.05) is 11.8 Å². The minimum Gasteiger partial charge on any atom is -0.314 e. The van der Waals surface area contributed by atoms with Crippen LogP contribution in [0, 0.1) is 0 Å². The number of rotatable bonds is 6. The lowest BCUT2D eigenvalue weighted by atomic mass is 10.2. The maximum atomic E-state index is 4.07. The van der Waals surface area contributed by atoms with Crippen molar-refractivity contribution >= 4 is 11.8 Å². The van der Waals surface area contributed by atoms with Gasteiger partial charge in [0.25, 0.3) is 0 Å². The molecular weight excluding hydrogens is 208 g/mol. The molecule has 1 aromatic heterocycles. The molecule has 84 valence electrons. The standard InChI is InChI=1S/C10H18N4S/c1-2-5-9(4-1)11-6-3-7-15-10-12-8-13-14-10/h8-9,11H,1-7H2,(H,12,13,14). The van der Waals surface area contributed by atoms with Crippen LogP contribution < -0.4 is 5.32 Å². The monoisotopic (exact) mass is 226 g/mol. The second kappa shape index (κ2) is 6.12. The summed E-state index contributed by atoms with van der Waals surface area (Å²) in [5.74, 6) is 1.11. The summed E-state index contributed by atoms with van der Waals surface area (Å²) < 4.78 is 0. The van der Waals surface area contributed by atoms with Gasteiger partial charge in [-0.3, -0.25) is 5.10 Å². The van der Waals surface area contributed by atoms with Crippen molar-refractivity contribution in [3.05, 3.63) is 6.33 Å². The molecule has 0 aromatic carbocycles. The second-order valence-corrected chi connectivity index (χ2v) is 5.01. The van der Waals surface area contributed by atoms with Crippen LogP contribution in [0.25, 0.3) is 0 Å². The van der Waals surface area contributed by atoms with Crippen molar-refractivity contribution in [2.75, 3.05) is 12.3 Å². The first-order chi connectivity index (χ1) is 7.45. The van der Waals surface area contributed by atoms with E-state index in [0.717, 1.165) is 23.5 Å². The minimum absolute atomic E-state index is 0.792. The highest BCUT2D eigenvalue weighted by atomic mass is 32.2. The Labute approximate surface area is 94.6 Å². The first-order valence-corrected chi connectivity index (χ1v) is 6.65. The Bertz CT molecular complexity index is 256. The molecule has 1 fully saturated rings. The molecule has 0 atom stereocenters. The van der Waals surface area contributed by atoms with Crippen LogP contribution in [-0.2, 0) is 0 Å². The van der Waals surface area contributed by atoms with Gasteiger partial charge in [-0.15, -0.1) is 0 Å². The third-order valence-electron chi connectivity index (χ3n) is 2.74. The Hall–Kier alpha value is -0.550. The summed E-state index contributed by atoms with van der Waals surface area (Å²) in [7, 11) is 0. The van der Waals surface area contributed by atoms with Gasteiger partial charge in [-0.2, -0.15) is 5.10 Å². The molecule has 0 bridgehead atoms. The third kappa shape index (κ3) is 3.83. The lowest BCUT2D eigenvalue weighted by Crippen LogP contribution is -2.27. The summed E-state index contributed by atoms with van der Waals surface area (Å²) in [5.41, 5.74) is 0. The molecule has 4 nitrogen and oxygen atoms in total. The van der Waals surface area contributed by atoms with Crippen molar-refractivity contribution < 1.29 is 0 Å². The van der Waals surface area contributed by atoms with E-state index in [9.17, 15) is 0 Å². The maximum Gasteiger partial charge on any atom is 0.183 e. The van der Waals surface area contributed by atoms with Gasteiger partial charge in [0.2, 0.25) is 0 Å². The van der Waals surface area contributed by atoms with E-state index >= 15 is 0 Å². The molecule has 0 unspecified atom stereocenters. The fourth-order valence-corrected chi connectivity index (χ4v) is 2.66. The molecule has 2 N–H and O–H groups in total. The Morgan fingerprint density at radius 3 is 3.07 bits per heavy atom. The Balaban J connectivity index is 1.48. The zero-order chi connectivity index (χ0) is 10.3. The molecule has 1 saturated carbocycles. The summed E-state index contributed by atoms with van der Waals surface area (Å²) in [6.45, 7) is 1.13. The normalized spacial score (nSPS) is 17.3. The SMILES string of the molecule is c1n[nH]c(SCCCNC2CCCC2)n1. The van der Waals surface area contributed by atoms with Crippen LogP contribution in [0.5, 0.6) is 0 Å². The van der Waals surface area contributed by atoms with Crippen molar-refractivity contribution in [1.82, 2.24) is 20.5 Å². The predicted octanol–water partition coefficient (Wildman–Crippen LogP) is 1.82. The third-order valence-corrected chi connectivity index (χ3v) is 3.70. The largest absolute Gasteiger partial charge is 0.314 e. The highest BCUT2D eigenvalue weighted by molar-refractivity contribution is 7.99. The van der Waals surface area contributed by atoms with Crippen LogP contribution in [0.15, 0.2) is 11.5 Å². The molecule has 0 saturated heterocycles. The van der Waals surface area contributed by atoms with Crippen molar-refractivity contribution in [1.29, 1.82) is 0 Å². The van der Waals surface area contributed by atoms with Crippen LogP contribution in [0.2, 0.25) is 0 Å². The molecule has 0 spiro atoms. The van der Waals surface area contributed by atoms with Crippen LogP contribution in [0.4, 0.5) is 0 Å². The van der Waals surface area contributed by atoms with E-state index in [1.165, 1.54) is 32.1 Å².